The molecule has 1 aliphatic heterocycles. The molecule has 0 aromatic carbocycles. The van der Waals surface area contributed by atoms with Crippen molar-refractivity contribution in [1.82, 2.24) is 10.3 Å². The first-order chi connectivity index (χ1) is 9.29. The van der Waals surface area contributed by atoms with E-state index in [1.54, 1.807) is 12.1 Å². The Morgan fingerprint density at radius 3 is 3.16 bits per heavy atom. The molecule has 1 unspecified atom stereocenters. The number of nitrogens with zero attached hydrogens (tertiary/aromatic N) is 1. The monoisotopic (exact) mass is 260 g/mol. The molecule has 1 N–H and O–H groups in total. The maximum Gasteiger partial charge on any atom is 0.253 e. The second-order valence-electron chi connectivity index (χ2n) is 4.22. The highest BCUT2D eigenvalue weighted by molar-refractivity contribution is 5.94. The molecule has 5 heteroatoms. The zero-order valence-electron chi connectivity index (χ0n) is 10.6. The van der Waals surface area contributed by atoms with E-state index in [2.05, 4.69) is 16.2 Å². The summed E-state index contributed by atoms with van der Waals surface area (Å²) in [6, 6.07) is 3.32. The third kappa shape index (κ3) is 3.97. The SMILES string of the molecule is C#CCNC(=O)c1ccc(OCC2CCCO2)nc1. The van der Waals surface area contributed by atoms with E-state index in [0.717, 1.165) is 19.4 Å². The Morgan fingerprint density at radius 1 is 1.63 bits per heavy atom. The molecule has 2 heterocycles. The number of terminal acetylenes is 1. The van der Waals surface area contributed by atoms with Crippen LogP contribution in [0.25, 0.3) is 0 Å². The molecular weight excluding hydrogens is 244 g/mol. The number of hydrogen-bond donors (Lipinski definition) is 1. The number of carbonyl (C=O) groups excluding carboxylic acids is 1. The molecule has 5 nitrogen and oxygen atoms in total. The van der Waals surface area contributed by atoms with E-state index in [0.29, 0.717) is 18.1 Å². The van der Waals surface area contributed by atoms with Crippen LogP contribution in [0.2, 0.25) is 0 Å². The summed E-state index contributed by atoms with van der Waals surface area (Å²) < 4.78 is 11.0. The van der Waals surface area contributed by atoms with E-state index in [-0.39, 0.29) is 18.6 Å². The Morgan fingerprint density at radius 2 is 2.53 bits per heavy atom. The Hall–Kier alpha value is -2.06. The first-order valence-corrected chi connectivity index (χ1v) is 6.21. The van der Waals surface area contributed by atoms with Crippen molar-refractivity contribution in [3.63, 3.8) is 0 Å². The fraction of sp³-hybridized carbons (Fsp3) is 0.429. The summed E-state index contributed by atoms with van der Waals surface area (Å²) in [5.74, 6) is 2.59. The summed E-state index contributed by atoms with van der Waals surface area (Å²) in [5.41, 5.74) is 0.458. The summed E-state index contributed by atoms with van der Waals surface area (Å²) >= 11 is 0. The molecule has 1 aliphatic rings. The standard InChI is InChI=1S/C14H16N2O3/c1-2-7-15-14(17)11-5-6-13(16-9-11)19-10-12-4-3-8-18-12/h1,5-6,9,12H,3-4,7-8,10H2,(H,15,17). The molecule has 1 atom stereocenters. The van der Waals surface area contributed by atoms with Crippen LogP contribution in [-0.2, 0) is 4.74 Å². The molecular formula is C14H16N2O3. The Balaban J connectivity index is 1.83. The number of nitrogens with one attached hydrogen (secondary N) is 1. The highest BCUT2D eigenvalue weighted by Crippen LogP contribution is 2.14. The number of rotatable bonds is 5. The maximum absolute atomic E-state index is 11.6. The van der Waals surface area contributed by atoms with Gasteiger partial charge in [0.05, 0.1) is 18.2 Å². The second kappa shape index (κ2) is 6.76. The lowest BCUT2D eigenvalue weighted by molar-refractivity contribution is 0.0663. The van der Waals surface area contributed by atoms with Crippen molar-refractivity contribution in [1.29, 1.82) is 0 Å². The van der Waals surface area contributed by atoms with Crippen molar-refractivity contribution in [2.45, 2.75) is 18.9 Å². The van der Waals surface area contributed by atoms with E-state index < -0.39 is 0 Å². The average molecular weight is 260 g/mol. The smallest absolute Gasteiger partial charge is 0.253 e. The third-order valence-electron chi connectivity index (χ3n) is 2.79. The first kappa shape index (κ1) is 13.4. The van der Waals surface area contributed by atoms with Gasteiger partial charge in [0.15, 0.2) is 0 Å². The minimum atomic E-state index is -0.240. The predicted octanol–water partition coefficient (Wildman–Crippen LogP) is 1.00. The molecule has 19 heavy (non-hydrogen) atoms. The lowest BCUT2D eigenvalue weighted by atomic mass is 10.2. The molecule has 0 bridgehead atoms. The number of ether oxygens (including phenoxy) is 2. The summed E-state index contributed by atoms with van der Waals surface area (Å²) in [4.78, 5) is 15.7. The number of amides is 1. The van der Waals surface area contributed by atoms with Gasteiger partial charge in [-0.15, -0.1) is 6.42 Å². The third-order valence-corrected chi connectivity index (χ3v) is 2.79. The van der Waals surface area contributed by atoms with E-state index in [9.17, 15) is 4.79 Å². The van der Waals surface area contributed by atoms with Crippen LogP contribution in [-0.4, -0.2) is 36.8 Å². The maximum atomic E-state index is 11.6. The highest BCUT2D eigenvalue weighted by atomic mass is 16.5. The zero-order valence-corrected chi connectivity index (χ0v) is 10.6. The van der Waals surface area contributed by atoms with Crippen LogP contribution < -0.4 is 10.1 Å². The Kier molecular flexibility index (Phi) is 4.76. The van der Waals surface area contributed by atoms with E-state index in [1.807, 2.05) is 0 Å². The van der Waals surface area contributed by atoms with E-state index in [1.165, 1.54) is 6.20 Å². The van der Waals surface area contributed by atoms with Gasteiger partial charge in [0.1, 0.15) is 6.61 Å². The van der Waals surface area contributed by atoms with Gasteiger partial charge >= 0.3 is 0 Å². The summed E-state index contributed by atoms with van der Waals surface area (Å²) in [7, 11) is 0. The average Bonchev–Trinajstić information content (AvgIpc) is 2.96. The molecule has 0 aliphatic carbocycles. The van der Waals surface area contributed by atoms with Crippen molar-refractivity contribution in [2.24, 2.45) is 0 Å². The normalized spacial score (nSPS) is 17.7. The van der Waals surface area contributed by atoms with Crippen molar-refractivity contribution >= 4 is 5.91 Å². The molecule has 1 fully saturated rings. The van der Waals surface area contributed by atoms with Gasteiger partial charge in [-0.2, -0.15) is 0 Å². The lowest BCUT2D eigenvalue weighted by Gasteiger charge is -2.10. The van der Waals surface area contributed by atoms with Crippen LogP contribution >= 0.6 is 0 Å². The molecule has 1 aromatic rings. The molecule has 100 valence electrons. The van der Waals surface area contributed by atoms with Gasteiger partial charge < -0.3 is 14.8 Å². The van der Waals surface area contributed by atoms with Crippen LogP contribution in [0.5, 0.6) is 5.88 Å². The molecule has 1 aromatic heterocycles. The van der Waals surface area contributed by atoms with Crippen molar-refractivity contribution in [2.75, 3.05) is 19.8 Å². The quantitative estimate of drug-likeness (QED) is 0.802. The molecule has 1 saturated heterocycles. The van der Waals surface area contributed by atoms with Gasteiger partial charge in [0, 0.05) is 18.9 Å². The molecule has 0 spiro atoms. The van der Waals surface area contributed by atoms with Gasteiger partial charge in [-0.05, 0) is 18.9 Å². The summed E-state index contributed by atoms with van der Waals surface area (Å²) in [5, 5.41) is 2.57. The largest absolute Gasteiger partial charge is 0.475 e. The number of pyridine rings is 1. The lowest BCUT2D eigenvalue weighted by Crippen LogP contribution is -2.23. The van der Waals surface area contributed by atoms with Gasteiger partial charge in [-0.3, -0.25) is 4.79 Å². The number of carbonyl (C=O) groups is 1. The molecule has 0 saturated carbocycles. The van der Waals surface area contributed by atoms with Gasteiger partial charge in [0.2, 0.25) is 5.88 Å². The van der Waals surface area contributed by atoms with Gasteiger partial charge in [-0.25, -0.2) is 4.98 Å². The van der Waals surface area contributed by atoms with Gasteiger partial charge in [-0.1, -0.05) is 5.92 Å². The second-order valence-corrected chi connectivity index (χ2v) is 4.22. The number of hydrogen-bond acceptors (Lipinski definition) is 4. The topological polar surface area (TPSA) is 60.5 Å². The van der Waals surface area contributed by atoms with Crippen LogP contribution in [0.4, 0.5) is 0 Å². The zero-order chi connectivity index (χ0) is 13.5. The molecule has 1 amide bonds. The minimum absolute atomic E-state index is 0.153. The predicted molar refractivity (Wildman–Crippen MR) is 69.9 cm³/mol. The first-order valence-electron chi connectivity index (χ1n) is 6.21. The van der Waals surface area contributed by atoms with Crippen LogP contribution in [0.3, 0.4) is 0 Å². The van der Waals surface area contributed by atoms with E-state index >= 15 is 0 Å². The summed E-state index contributed by atoms with van der Waals surface area (Å²) in [6.45, 7) is 1.50. The Bertz CT molecular complexity index is 459. The number of aromatic nitrogens is 1. The van der Waals surface area contributed by atoms with Gasteiger partial charge in [0.25, 0.3) is 5.91 Å². The highest BCUT2D eigenvalue weighted by Gasteiger charge is 2.16. The molecule has 0 radical (unpaired) electrons. The van der Waals surface area contributed by atoms with Crippen molar-refractivity contribution in [3.05, 3.63) is 23.9 Å². The van der Waals surface area contributed by atoms with Crippen molar-refractivity contribution in [3.8, 4) is 18.2 Å². The summed E-state index contributed by atoms with van der Waals surface area (Å²) in [6.07, 6.45) is 8.79. The molecule has 2 rings (SSSR count). The fourth-order valence-corrected chi connectivity index (χ4v) is 1.79. The van der Waals surface area contributed by atoms with Crippen LogP contribution in [0.15, 0.2) is 18.3 Å². The van der Waals surface area contributed by atoms with Crippen molar-refractivity contribution < 1.29 is 14.3 Å². The fourth-order valence-electron chi connectivity index (χ4n) is 1.79. The van der Waals surface area contributed by atoms with Crippen LogP contribution in [0, 0.1) is 12.3 Å². The Labute approximate surface area is 112 Å². The van der Waals surface area contributed by atoms with Crippen LogP contribution in [0.1, 0.15) is 23.2 Å². The minimum Gasteiger partial charge on any atom is -0.475 e. The van der Waals surface area contributed by atoms with E-state index in [4.69, 9.17) is 15.9 Å².